The van der Waals surface area contributed by atoms with Crippen molar-refractivity contribution in [2.45, 2.75) is 0 Å². The lowest BCUT2D eigenvalue weighted by molar-refractivity contribution is 0.544. The highest BCUT2D eigenvalue weighted by Crippen LogP contribution is 2.29. The first-order chi connectivity index (χ1) is 7.59. The van der Waals surface area contributed by atoms with Gasteiger partial charge >= 0.3 is 0 Å². The molecule has 2 nitrogen and oxygen atoms in total. The van der Waals surface area contributed by atoms with Gasteiger partial charge in [-0.05, 0) is 0 Å². The highest BCUT2D eigenvalue weighted by molar-refractivity contribution is 7.07. The predicted molar refractivity (Wildman–Crippen MR) is 55.3 cm³/mol. The van der Waals surface area contributed by atoms with Crippen LogP contribution in [0.15, 0.2) is 17.5 Å². The van der Waals surface area contributed by atoms with Crippen molar-refractivity contribution in [1.29, 1.82) is 0 Å². The largest absolute Gasteiger partial charge is 0.324 e. The molecule has 0 atom stereocenters. The fraction of sp³-hybridized carbons (Fsp3) is 0.100. The van der Waals surface area contributed by atoms with E-state index in [1.807, 2.05) is 0 Å². The van der Waals surface area contributed by atoms with E-state index in [-0.39, 0.29) is 5.69 Å². The Hall–Kier alpha value is -1.56. The van der Waals surface area contributed by atoms with Crippen molar-refractivity contribution >= 4 is 22.8 Å². The van der Waals surface area contributed by atoms with Crippen molar-refractivity contribution in [3.63, 3.8) is 0 Å². The van der Waals surface area contributed by atoms with Gasteiger partial charge in [0, 0.05) is 24.6 Å². The summed E-state index contributed by atoms with van der Waals surface area (Å²) < 4.78 is 39.5. The summed E-state index contributed by atoms with van der Waals surface area (Å²) in [4.78, 5) is 5.00. The Kier molecular flexibility index (Phi) is 2.82. The molecule has 0 saturated heterocycles. The highest BCUT2D eigenvalue weighted by Gasteiger charge is 2.17. The van der Waals surface area contributed by atoms with Gasteiger partial charge in [0.25, 0.3) is 0 Å². The molecule has 1 heterocycles. The first kappa shape index (κ1) is 10.9. The van der Waals surface area contributed by atoms with E-state index in [0.29, 0.717) is 18.0 Å². The molecular formula is C10H6F3N2S. The number of thiazole rings is 1. The molecule has 2 rings (SSSR count). The third kappa shape index (κ3) is 1.88. The molecule has 0 bridgehead atoms. The molecule has 1 radical (unpaired) electrons. The van der Waals surface area contributed by atoms with E-state index in [1.54, 1.807) is 5.38 Å². The van der Waals surface area contributed by atoms with Crippen LogP contribution in [-0.2, 0) is 0 Å². The second-order valence-electron chi connectivity index (χ2n) is 3.07. The monoisotopic (exact) mass is 243 g/mol. The standard InChI is InChI=1S/C10H6F3N2S/c1-15(9-4-16-5-14-9)10-7(12)2-6(11)3-8(10)13/h2-4H,1H3. The quantitative estimate of drug-likeness (QED) is 0.805. The summed E-state index contributed by atoms with van der Waals surface area (Å²) in [5.41, 5.74) is 2.23. The van der Waals surface area contributed by atoms with Crippen LogP contribution in [0.5, 0.6) is 0 Å². The topological polar surface area (TPSA) is 16.1 Å². The van der Waals surface area contributed by atoms with Crippen LogP contribution in [0.1, 0.15) is 0 Å². The summed E-state index contributed by atoms with van der Waals surface area (Å²) in [6, 6.07) is 1.26. The predicted octanol–water partition coefficient (Wildman–Crippen LogP) is 3.13. The van der Waals surface area contributed by atoms with Crippen LogP contribution in [0, 0.1) is 23.0 Å². The minimum absolute atomic E-state index is 0.333. The molecule has 0 amide bonds. The molecule has 0 fully saturated rings. The van der Waals surface area contributed by atoms with Gasteiger partial charge in [-0.2, -0.15) is 0 Å². The van der Waals surface area contributed by atoms with Crippen molar-refractivity contribution in [2.24, 2.45) is 0 Å². The normalized spacial score (nSPS) is 10.5. The summed E-state index contributed by atoms with van der Waals surface area (Å²) in [5.74, 6) is -2.52. The lowest BCUT2D eigenvalue weighted by Gasteiger charge is -2.17. The summed E-state index contributed by atoms with van der Waals surface area (Å²) in [7, 11) is 1.45. The zero-order valence-corrected chi connectivity index (χ0v) is 8.99. The Morgan fingerprint density at radius 1 is 1.25 bits per heavy atom. The second kappa shape index (κ2) is 4.13. The van der Waals surface area contributed by atoms with Crippen molar-refractivity contribution in [1.82, 2.24) is 4.98 Å². The van der Waals surface area contributed by atoms with Crippen LogP contribution in [0.4, 0.5) is 24.7 Å². The number of rotatable bonds is 2. The summed E-state index contributed by atoms with van der Waals surface area (Å²) in [6.45, 7) is 0. The minimum Gasteiger partial charge on any atom is -0.324 e. The first-order valence-corrected chi connectivity index (χ1v) is 5.17. The van der Waals surface area contributed by atoms with E-state index < -0.39 is 17.5 Å². The van der Waals surface area contributed by atoms with Gasteiger partial charge in [0.2, 0.25) is 0 Å². The maximum absolute atomic E-state index is 13.4. The molecule has 1 aromatic carbocycles. The zero-order valence-electron chi connectivity index (χ0n) is 8.17. The average molecular weight is 243 g/mol. The average Bonchev–Trinajstić information content (AvgIpc) is 2.67. The molecule has 0 spiro atoms. The third-order valence-corrected chi connectivity index (χ3v) is 2.56. The number of nitrogens with zero attached hydrogens (tertiary/aromatic N) is 2. The van der Waals surface area contributed by atoms with Crippen LogP contribution in [0.25, 0.3) is 0 Å². The van der Waals surface area contributed by atoms with Crippen molar-refractivity contribution in [3.05, 3.63) is 40.5 Å². The van der Waals surface area contributed by atoms with E-state index in [2.05, 4.69) is 10.5 Å². The Morgan fingerprint density at radius 2 is 1.88 bits per heavy atom. The Labute approximate surface area is 94.0 Å². The lowest BCUT2D eigenvalue weighted by atomic mass is 10.2. The molecule has 16 heavy (non-hydrogen) atoms. The van der Waals surface area contributed by atoms with Gasteiger partial charge in [-0.3, -0.25) is 0 Å². The van der Waals surface area contributed by atoms with Crippen molar-refractivity contribution < 1.29 is 13.2 Å². The fourth-order valence-corrected chi connectivity index (χ4v) is 1.82. The highest BCUT2D eigenvalue weighted by atomic mass is 32.1. The Balaban J connectivity index is 2.48. The van der Waals surface area contributed by atoms with E-state index in [1.165, 1.54) is 23.3 Å². The Bertz CT molecular complexity index is 476. The molecule has 2 aromatic rings. The zero-order chi connectivity index (χ0) is 11.7. The smallest absolute Gasteiger partial charge is 0.154 e. The van der Waals surface area contributed by atoms with Crippen LogP contribution in [0.3, 0.4) is 0 Å². The summed E-state index contributed by atoms with van der Waals surface area (Å²) in [6.07, 6.45) is 0. The van der Waals surface area contributed by atoms with Crippen LogP contribution >= 0.6 is 11.3 Å². The number of hydrogen-bond donors (Lipinski definition) is 0. The van der Waals surface area contributed by atoms with Gasteiger partial charge in [-0.15, -0.1) is 11.3 Å². The number of hydrogen-bond acceptors (Lipinski definition) is 3. The van der Waals surface area contributed by atoms with Gasteiger partial charge < -0.3 is 4.90 Å². The molecule has 0 aliphatic rings. The minimum atomic E-state index is -0.965. The van der Waals surface area contributed by atoms with Gasteiger partial charge in [0.05, 0.1) is 0 Å². The molecule has 0 saturated carbocycles. The molecule has 6 heteroatoms. The maximum atomic E-state index is 13.4. The van der Waals surface area contributed by atoms with E-state index in [4.69, 9.17) is 0 Å². The van der Waals surface area contributed by atoms with Crippen LogP contribution in [-0.4, -0.2) is 12.0 Å². The number of benzene rings is 1. The first-order valence-electron chi connectivity index (χ1n) is 4.29. The number of halogens is 3. The molecule has 0 aliphatic heterocycles. The maximum Gasteiger partial charge on any atom is 0.154 e. The van der Waals surface area contributed by atoms with E-state index >= 15 is 0 Å². The van der Waals surface area contributed by atoms with Crippen LogP contribution in [0.2, 0.25) is 0 Å². The van der Waals surface area contributed by atoms with E-state index in [9.17, 15) is 13.2 Å². The van der Waals surface area contributed by atoms with Crippen molar-refractivity contribution in [3.8, 4) is 0 Å². The van der Waals surface area contributed by atoms with Gasteiger partial charge in [-0.25, -0.2) is 18.2 Å². The SMILES string of the molecule is CN(c1cs[c]n1)c1c(F)cc(F)cc1F. The summed E-state index contributed by atoms with van der Waals surface area (Å²) >= 11 is 1.18. The fourth-order valence-electron chi connectivity index (χ4n) is 1.30. The molecule has 0 unspecified atom stereocenters. The van der Waals surface area contributed by atoms with Gasteiger partial charge in [-0.1, -0.05) is 0 Å². The second-order valence-corrected chi connectivity index (χ2v) is 3.73. The molecule has 83 valence electrons. The Morgan fingerprint density at radius 3 is 2.38 bits per heavy atom. The molecule has 0 N–H and O–H groups in total. The third-order valence-electron chi connectivity index (χ3n) is 2.04. The summed E-state index contributed by atoms with van der Waals surface area (Å²) in [5, 5.41) is 1.59. The number of anilines is 2. The molecule has 1 aromatic heterocycles. The van der Waals surface area contributed by atoms with Gasteiger partial charge in [0.15, 0.2) is 17.1 Å². The van der Waals surface area contributed by atoms with Crippen molar-refractivity contribution in [2.75, 3.05) is 11.9 Å². The lowest BCUT2D eigenvalue weighted by Crippen LogP contribution is -2.13. The van der Waals surface area contributed by atoms with Crippen LogP contribution < -0.4 is 4.90 Å². The number of aromatic nitrogens is 1. The van der Waals surface area contributed by atoms with Gasteiger partial charge in [0.1, 0.15) is 17.3 Å². The molecular weight excluding hydrogens is 237 g/mol. The molecule has 0 aliphatic carbocycles. The van der Waals surface area contributed by atoms with E-state index in [0.717, 1.165) is 0 Å².